The molecule has 33 heavy (non-hydrogen) atoms. The number of hydrogen-bond donors (Lipinski definition) is 0. The van der Waals surface area contributed by atoms with E-state index in [4.69, 9.17) is 4.74 Å². The van der Waals surface area contributed by atoms with Crippen LogP contribution in [0, 0.1) is 0 Å². The van der Waals surface area contributed by atoms with Crippen molar-refractivity contribution in [2.75, 3.05) is 57.4 Å². The summed E-state index contributed by atoms with van der Waals surface area (Å²) in [5.41, 5.74) is 1.05. The quantitative estimate of drug-likeness (QED) is 0.663. The maximum absolute atomic E-state index is 13.3. The van der Waals surface area contributed by atoms with Crippen molar-refractivity contribution in [3.05, 3.63) is 58.6 Å². The van der Waals surface area contributed by atoms with Crippen molar-refractivity contribution in [2.45, 2.75) is 4.90 Å². The minimum atomic E-state index is -3.82. The number of pyridine rings is 1. The Morgan fingerprint density at radius 1 is 0.848 bits per heavy atom. The summed E-state index contributed by atoms with van der Waals surface area (Å²) in [6.07, 6.45) is 3.11. The van der Waals surface area contributed by atoms with Gasteiger partial charge in [-0.3, -0.25) is 9.59 Å². The molecule has 0 aliphatic carbocycles. The smallest absolute Gasteiger partial charge is 0.265 e. The van der Waals surface area contributed by atoms with E-state index in [0.29, 0.717) is 56.3 Å². The maximum Gasteiger partial charge on any atom is 0.265 e. The topological polar surface area (TPSA) is 100 Å². The molecule has 0 radical (unpaired) electrons. The second-order valence-electron chi connectivity index (χ2n) is 8.11. The van der Waals surface area contributed by atoms with Crippen molar-refractivity contribution in [2.24, 2.45) is 0 Å². The Labute approximate surface area is 192 Å². The second-order valence-corrected chi connectivity index (χ2v) is 9.99. The summed E-state index contributed by atoms with van der Waals surface area (Å²) in [5, 5.41) is 0. The fourth-order valence-electron chi connectivity index (χ4n) is 4.39. The summed E-state index contributed by atoms with van der Waals surface area (Å²) in [5.74, 6) is -0.0187. The molecule has 2 amide bonds. The molecule has 1 aromatic heterocycles. The molecule has 0 atom stereocenters. The molecule has 4 heterocycles. The molecule has 2 saturated heterocycles. The second kappa shape index (κ2) is 8.60. The normalized spacial score (nSPS) is 19.8. The molecule has 5 rings (SSSR count). The van der Waals surface area contributed by atoms with E-state index >= 15 is 0 Å². The van der Waals surface area contributed by atoms with Gasteiger partial charge in [-0.15, -0.1) is 0 Å². The molecule has 10 heteroatoms. The van der Waals surface area contributed by atoms with Gasteiger partial charge in [0.05, 0.1) is 23.7 Å². The highest BCUT2D eigenvalue weighted by Crippen LogP contribution is 2.33. The van der Waals surface area contributed by atoms with E-state index in [1.807, 2.05) is 4.90 Å². The van der Waals surface area contributed by atoms with Crippen LogP contribution in [0.4, 0.5) is 5.82 Å². The van der Waals surface area contributed by atoms with E-state index in [1.165, 1.54) is 17.0 Å². The maximum atomic E-state index is 13.3. The number of sulfone groups is 1. The number of carbonyl (C=O) groups is 2. The van der Waals surface area contributed by atoms with Crippen LogP contribution in [0.5, 0.6) is 0 Å². The molecule has 2 fully saturated rings. The van der Waals surface area contributed by atoms with Crippen molar-refractivity contribution >= 4 is 33.5 Å². The Bertz CT molecular complexity index is 1230. The molecule has 0 N–H and O–H groups in total. The first-order chi connectivity index (χ1) is 16.0. The van der Waals surface area contributed by atoms with Gasteiger partial charge in [0.2, 0.25) is 9.84 Å². The number of nitrogens with zero attached hydrogens (tertiary/aromatic N) is 4. The predicted octanol–water partition coefficient (Wildman–Crippen LogP) is 1.03. The van der Waals surface area contributed by atoms with Crippen LogP contribution in [0.15, 0.2) is 52.4 Å². The van der Waals surface area contributed by atoms with Crippen molar-refractivity contribution in [1.82, 2.24) is 14.8 Å². The summed E-state index contributed by atoms with van der Waals surface area (Å²) >= 11 is 0. The van der Waals surface area contributed by atoms with Crippen LogP contribution in [0.25, 0.3) is 6.08 Å². The average molecular weight is 469 g/mol. The van der Waals surface area contributed by atoms with Crippen molar-refractivity contribution in [1.29, 1.82) is 0 Å². The van der Waals surface area contributed by atoms with Crippen LogP contribution in [0.2, 0.25) is 0 Å². The molecule has 172 valence electrons. The summed E-state index contributed by atoms with van der Waals surface area (Å²) in [4.78, 5) is 35.9. The first kappa shape index (κ1) is 21.6. The first-order valence-electron chi connectivity index (χ1n) is 10.9. The number of fused-ring (bicyclic) bond motifs is 1. The van der Waals surface area contributed by atoms with E-state index < -0.39 is 15.7 Å². The number of ether oxygens (including phenoxy) is 1. The molecule has 3 aliphatic heterocycles. The number of hydrogen-bond acceptors (Lipinski definition) is 7. The molecule has 0 saturated carbocycles. The van der Waals surface area contributed by atoms with Crippen LogP contribution in [-0.2, 0) is 19.4 Å². The van der Waals surface area contributed by atoms with E-state index in [1.54, 1.807) is 41.4 Å². The van der Waals surface area contributed by atoms with Gasteiger partial charge in [0.15, 0.2) is 0 Å². The number of morpholine rings is 1. The third kappa shape index (κ3) is 3.89. The van der Waals surface area contributed by atoms with E-state index in [-0.39, 0.29) is 28.8 Å². The van der Waals surface area contributed by atoms with Gasteiger partial charge in [-0.2, -0.15) is 0 Å². The lowest BCUT2D eigenvalue weighted by atomic mass is 10.1. The highest BCUT2D eigenvalue weighted by Gasteiger charge is 2.37. The highest BCUT2D eigenvalue weighted by atomic mass is 32.2. The zero-order valence-corrected chi connectivity index (χ0v) is 18.8. The van der Waals surface area contributed by atoms with Gasteiger partial charge in [0, 0.05) is 45.5 Å². The van der Waals surface area contributed by atoms with Crippen LogP contribution < -0.4 is 4.90 Å². The predicted molar refractivity (Wildman–Crippen MR) is 121 cm³/mol. The van der Waals surface area contributed by atoms with E-state index in [2.05, 4.69) is 4.98 Å². The lowest BCUT2D eigenvalue weighted by Crippen LogP contribution is -2.51. The van der Waals surface area contributed by atoms with E-state index in [0.717, 1.165) is 0 Å². The molecule has 0 unspecified atom stereocenters. The highest BCUT2D eigenvalue weighted by molar-refractivity contribution is 7.96. The average Bonchev–Trinajstić information content (AvgIpc) is 3.14. The molecule has 1 aromatic carbocycles. The summed E-state index contributed by atoms with van der Waals surface area (Å²) in [7, 11) is -3.82. The van der Waals surface area contributed by atoms with Gasteiger partial charge in [-0.05, 0) is 29.8 Å². The van der Waals surface area contributed by atoms with Crippen molar-refractivity contribution < 1.29 is 22.7 Å². The fourth-order valence-corrected chi connectivity index (χ4v) is 5.96. The zero-order valence-electron chi connectivity index (χ0n) is 18.0. The Morgan fingerprint density at radius 3 is 2.21 bits per heavy atom. The Balaban J connectivity index is 1.28. The van der Waals surface area contributed by atoms with Gasteiger partial charge in [-0.25, -0.2) is 13.4 Å². The SMILES string of the molecule is O=C(C1=Cc2ccccc2S1(=O)=O)N1CCN(C(=O)c2cccnc2N2CCOCC2)CC1. The fraction of sp³-hybridized carbons (Fsp3) is 0.348. The molecular weight excluding hydrogens is 444 g/mol. The number of anilines is 1. The molecule has 0 spiro atoms. The van der Waals surface area contributed by atoms with E-state index in [9.17, 15) is 18.0 Å². The minimum Gasteiger partial charge on any atom is -0.378 e. The monoisotopic (exact) mass is 468 g/mol. The van der Waals surface area contributed by atoms with Crippen molar-refractivity contribution in [3.63, 3.8) is 0 Å². The third-order valence-corrected chi connectivity index (χ3v) is 8.00. The zero-order chi connectivity index (χ0) is 23.0. The Hall–Kier alpha value is -3.24. The minimum absolute atomic E-state index is 0.142. The Kier molecular flexibility index (Phi) is 5.63. The van der Waals surface area contributed by atoms with Crippen molar-refractivity contribution in [3.8, 4) is 0 Å². The van der Waals surface area contributed by atoms with Crippen LogP contribution in [0.1, 0.15) is 15.9 Å². The third-order valence-electron chi connectivity index (χ3n) is 6.18. The van der Waals surface area contributed by atoms with Gasteiger partial charge in [0.1, 0.15) is 10.7 Å². The lowest BCUT2D eigenvalue weighted by Gasteiger charge is -2.36. The number of aromatic nitrogens is 1. The lowest BCUT2D eigenvalue weighted by molar-refractivity contribution is -0.127. The first-order valence-corrected chi connectivity index (χ1v) is 12.4. The molecule has 9 nitrogen and oxygen atoms in total. The number of rotatable bonds is 3. The van der Waals surface area contributed by atoms with Gasteiger partial charge < -0.3 is 19.4 Å². The molecule has 3 aliphatic rings. The Morgan fingerprint density at radius 2 is 1.52 bits per heavy atom. The van der Waals surface area contributed by atoms with Crippen LogP contribution >= 0.6 is 0 Å². The number of benzene rings is 1. The van der Waals surface area contributed by atoms with Gasteiger partial charge in [-0.1, -0.05) is 18.2 Å². The van der Waals surface area contributed by atoms with Crippen LogP contribution in [-0.4, -0.2) is 87.5 Å². The molecule has 2 aromatic rings. The molecule has 0 bridgehead atoms. The van der Waals surface area contributed by atoms with Gasteiger partial charge in [0.25, 0.3) is 11.8 Å². The summed E-state index contributed by atoms with van der Waals surface area (Å²) in [6.45, 7) is 3.70. The number of piperazine rings is 1. The largest absolute Gasteiger partial charge is 0.378 e. The number of amides is 2. The van der Waals surface area contributed by atoms with Crippen LogP contribution in [0.3, 0.4) is 0 Å². The van der Waals surface area contributed by atoms with Gasteiger partial charge >= 0.3 is 0 Å². The number of carbonyl (C=O) groups excluding carboxylic acids is 2. The summed E-state index contributed by atoms with van der Waals surface area (Å²) in [6, 6.07) is 10.1. The standard InChI is InChI=1S/C23H24N4O5S/c28-22(18-5-3-7-24-21(18)25-12-14-32-15-13-25)26-8-10-27(11-9-26)23(29)20-16-17-4-1-2-6-19(17)33(20,30)31/h1-7,16H,8-15H2. The molecular formula is C23H24N4O5S. The summed E-state index contributed by atoms with van der Waals surface area (Å²) < 4.78 is 31.0.